The summed E-state index contributed by atoms with van der Waals surface area (Å²) in [4.78, 5) is 24.1. The number of likely N-dealkylation sites (tertiary alicyclic amines) is 1. The predicted octanol–water partition coefficient (Wildman–Crippen LogP) is 0.670. The first-order valence-corrected chi connectivity index (χ1v) is 6.31. The molecule has 2 rings (SSSR count). The highest BCUT2D eigenvalue weighted by atomic mass is 16.5. The van der Waals surface area contributed by atoms with Crippen molar-refractivity contribution in [2.75, 3.05) is 19.7 Å². The average Bonchev–Trinajstić information content (AvgIpc) is 2.51. The molecule has 2 heterocycles. The van der Waals surface area contributed by atoms with Crippen LogP contribution in [0.4, 0.5) is 4.79 Å². The molecule has 102 valence electrons. The summed E-state index contributed by atoms with van der Waals surface area (Å²) in [7, 11) is 0. The number of nitrogens with one attached hydrogen (secondary N) is 1. The van der Waals surface area contributed by atoms with E-state index in [-0.39, 0.29) is 30.0 Å². The summed E-state index contributed by atoms with van der Waals surface area (Å²) in [6.07, 6.45) is 0.963. The van der Waals surface area contributed by atoms with Gasteiger partial charge < -0.3 is 20.1 Å². The summed E-state index contributed by atoms with van der Waals surface area (Å²) in [6.45, 7) is 5.67. The first-order chi connectivity index (χ1) is 8.40. The maximum atomic E-state index is 12.0. The lowest BCUT2D eigenvalue weighted by molar-refractivity contribution is -0.139. The van der Waals surface area contributed by atoms with Crippen molar-refractivity contribution in [3.8, 4) is 0 Å². The van der Waals surface area contributed by atoms with Gasteiger partial charge in [-0.25, -0.2) is 4.79 Å². The van der Waals surface area contributed by atoms with Crippen molar-refractivity contribution in [3.63, 3.8) is 0 Å². The Morgan fingerprint density at radius 3 is 2.67 bits per heavy atom. The lowest BCUT2D eigenvalue weighted by Gasteiger charge is -2.41. The molecule has 0 spiro atoms. The van der Waals surface area contributed by atoms with Gasteiger partial charge >= 0.3 is 12.0 Å². The second kappa shape index (κ2) is 4.76. The zero-order chi connectivity index (χ0) is 13.3. The van der Waals surface area contributed by atoms with E-state index in [0.717, 1.165) is 6.42 Å². The van der Waals surface area contributed by atoms with Gasteiger partial charge in [0, 0.05) is 25.6 Å². The van der Waals surface area contributed by atoms with Crippen LogP contribution in [0, 0.1) is 5.92 Å². The number of amides is 2. The molecule has 2 atom stereocenters. The summed E-state index contributed by atoms with van der Waals surface area (Å²) in [5.74, 6) is -0.705. The normalized spacial score (nSPS) is 32.1. The molecule has 2 aliphatic rings. The quantitative estimate of drug-likeness (QED) is 0.778. The minimum absolute atomic E-state index is 0.0116. The molecule has 2 saturated heterocycles. The van der Waals surface area contributed by atoms with E-state index in [1.807, 2.05) is 13.8 Å². The van der Waals surface area contributed by atoms with E-state index in [4.69, 9.17) is 9.84 Å². The number of ether oxygens (including phenoxy) is 1. The molecule has 0 aromatic heterocycles. The van der Waals surface area contributed by atoms with Crippen molar-refractivity contribution in [2.45, 2.75) is 38.3 Å². The summed E-state index contributed by atoms with van der Waals surface area (Å²) >= 11 is 0. The first-order valence-electron chi connectivity index (χ1n) is 6.31. The molecular formula is C12H20N2O4. The van der Waals surface area contributed by atoms with Gasteiger partial charge in [0.1, 0.15) is 0 Å². The molecule has 0 aromatic rings. The maximum Gasteiger partial charge on any atom is 0.317 e. The van der Waals surface area contributed by atoms with Gasteiger partial charge in [0.05, 0.1) is 18.1 Å². The van der Waals surface area contributed by atoms with Gasteiger partial charge in [-0.15, -0.1) is 0 Å². The van der Waals surface area contributed by atoms with E-state index in [9.17, 15) is 9.59 Å². The highest BCUT2D eigenvalue weighted by Gasteiger charge is 2.41. The van der Waals surface area contributed by atoms with Crippen molar-refractivity contribution < 1.29 is 19.4 Å². The van der Waals surface area contributed by atoms with Gasteiger partial charge in [0.2, 0.25) is 0 Å². The van der Waals surface area contributed by atoms with Gasteiger partial charge in [0.15, 0.2) is 0 Å². The Morgan fingerprint density at radius 2 is 2.17 bits per heavy atom. The Morgan fingerprint density at radius 1 is 1.50 bits per heavy atom. The molecule has 2 aliphatic heterocycles. The molecule has 2 amide bonds. The van der Waals surface area contributed by atoms with Crippen LogP contribution < -0.4 is 5.32 Å². The largest absolute Gasteiger partial charge is 0.481 e. The molecule has 0 bridgehead atoms. The standard InChI is InChI=1S/C12H20N2O4/c1-8-12(2,3-4-18-8)13-11(17)14-6-9(7-14)5-10(15)16/h8-9H,3-7H2,1-2H3,(H,13,17)(H,15,16). The second-order valence-electron chi connectivity index (χ2n) is 5.48. The van der Waals surface area contributed by atoms with Gasteiger partial charge in [-0.05, 0) is 20.3 Å². The molecule has 0 aromatic carbocycles. The highest BCUT2D eigenvalue weighted by Crippen LogP contribution is 2.26. The molecule has 6 nitrogen and oxygen atoms in total. The van der Waals surface area contributed by atoms with Crippen LogP contribution in [0.1, 0.15) is 26.7 Å². The fourth-order valence-corrected chi connectivity index (χ4v) is 2.43. The summed E-state index contributed by atoms with van der Waals surface area (Å²) < 4.78 is 5.46. The van der Waals surface area contributed by atoms with E-state index in [0.29, 0.717) is 19.7 Å². The number of carbonyl (C=O) groups excluding carboxylic acids is 1. The molecule has 0 radical (unpaired) electrons. The highest BCUT2D eigenvalue weighted by molar-refractivity contribution is 5.76. The van der Waals surface area contributed by atoms with Crippen LogP contribution in [0.25, 0.3) is 0 Å². The Kier molecular flexibility index (Phi) is 3.47. The van der Waals surface area contributed by atoms with E-state index in [1.165, 1.54) is 0 Å². The number of urea groups is 1. The number of nitrogens with zero attached hydrogens (tertiary/aromatic N) is 1. The average molecular weight is 256 g/mol. The molecule has 2 unspecified atom stereocenters. The molecule has 2 fully saturated rings. The zero-order valence-corrected chi connectivity index (χ0v) is 10.8. The Bertz CT molecular complexity index is 354. The van der Waals surface area contributed by atoms with Crippen molar-refractivity contribution in [1.82, 2.24) is 10.2 Å². The molecule has 0 aliphatic carbocycles. The molecule has 2 N–H and O–H groups in total. The van der Waals surface area contributed by atoms with Crippen molar-refractivity contribution in [2.24, 2.45) is 5.92 Å². The third-order valence-corrected chi connectivity index (χ3v) is 3.99. The van der Waals surface area contributed by atoms with E-state index >= 15 is 0 Å². The fourth-order valence-electron chi connectivity index (χ4n) is 2.43. The monoisotopic (exact) mass is 256 g/mol. The smallest absolute Gasteiger partial charge is 0.317 e. The predicted molar refractivity (Wildman–Crippen MR) is 64.3 cm³/mol. The number of carbonyl (C=O) groups is 2. The summed E-state index contributed by atoms with van der Waals surface area (Å²) in [6, 6.07) is -0.114. The van der Waals surface area contributed by atoms with Crippen molar-refractivity contribution in [1.29, 1.82) is 0 Å². The molecular weight excluding hydrogens is 236 g/mol. The van der Waals surface area contributed by atoms with Gasteiger partial charge in [0.25, 0.3) is 0 Å². The number of carboxylic acid groups (broad SMARTS) is 1. The van der Waals surface area contributed by atoms with Crippen molar-refractivity contribution >= 4 is 12.0 Å². The van der Waals surface area contributed by atoms with E-state index in [2.05, 4.69) is 5.32 Å². The molecule has 18 heavy (non-hydrogen) atoms. The number of aliphatic carboxylic acids is 1. The third kappa shape index (κ3) is 2.58. The third-order valence-electron chi connectivity index (χ3n) is 3.99. The van der Waals surface area contributed by atoms with Crippen molar-refractivity contribution in [3.05, 3.63) is 0 Å². The Labute approximate surface area is 106 Å². The summed E-state index contributed by atoms with van der Waals surface area (Å²) in [5.41, 5.74) is -0.311. The molecule has 0 saturated carbocycles. The van der Waals surface area contributed by atoms with Crippen LogP contribution in [0.5, 0.6) is 0 Å². The van der Waals surface area contributed by atoms with Gasteiger partial charge in [-0.3, -0.25) is 4.79 Å². The van der Waals surface area contributed by atoms with Crippen LogP contribution >= 0.6 is 0 Å². The van der Waals surface area contributed by atoms with Gasteiger partial charge in [-0.2, -0.15) is 0 Å². The van der Waals surface area contributed by atoms with Crippen LogP contribution in [0.3, 0.4) is 0 Å². The lowest BCUT2D eigenvalue weighted by atomic mass is 9.94. The van der Waals surface area contributed by atoms with Crippen LogP contribution in [-0.2, 0) is 9.53 Å². The van der Waals surface area contributed by atoms with Crippen LogP contribution in [0.15, 0.2) is 0 Å². The topological polar surface area (TPSA) is 78.9 Å². The number of rotatable bonds is 3. The van der Waals surface area contributed by atoms with Crippen LogP contribution in [-0.4, -0.2) is 53.3 Å². The van der Waals surface area contributed by atoms with Crippen LogP contribution in [0.2, 0.25) is 0 Å². The zero-order valence-electron chi connectivity index (χ0n) is 10.8. The Balaban J connectivity index is 1.79. The minimum Gasteiger partial charge on any atom is -0.481 e. The Hall–Kier alpha value is -1.30. The molecule has 6 heteroatoms. The first kappa shape index (κ1) is 13.1. The lowest BCUT2D eigenvalue weighted by Crippen LogP contribution is -2.60. The number of carboxylic acids is 1. The van der Waals surface area contributed by atoms with E-state index in [1.54, 1.807) is 4.90 Å². The summed E-state index contributed by atoms with van der Waals surface area (Å²) in [5, 5.41) is 11.6. The maximum absolute atomic E-state index is 12.0. The second-order valence-corrected chi connectivity index (χ2v) is 5.48. The number of hydrogen-bond acceptors (Lipinski definition) is 3. The number of hydrogen-bond donors (Lipinski definition) is 2. The minimum atomic E-state index is -0.801. The SMILES string of the molecule is CC1OCCC1(C)NC(=O)N1CC(CC(=O)O)C1. The fraction of sp³-hybridized carbons (Fsp3) is 0.833. The van der Waals surface area contributed by atoms with Gasteiger partial charge in [-0.1, -0.05) is 0 Å². The van der Waals surface area contributed by atoms with E-state index < -0.39 is 5.97 Å².